The van der Waals surface area contributed by atoms with Gasteiger partial charge < -0.3 is 0 Å². The van der Waals surface area contributed by atoms with E-state index >= 15 is 0 Å². The van der Waals surface area contributed by atoms with Crippen LogP contribution in [0, 0.1) is 23.7 Å². The van der Waals surface area contributed by atoms with Crippen LogP contribution in [0.2, 0.25) is 0 Å². The molecule has 14 heavy (non-hydrogen) atoms. The third-order valence-corrected chi connectivity index (χ3v) is 5.10. The molecule has 0 aliphatic heterocycles. The van der Waals surface area contributed by atoms with Crippen molar-refractivity contribution in [1.29, 1.82) is 0 Å². The van der Waals surface area contributed by atoms with Gasteiger partial charge in [0.05, 0.1) is 0 Å². The molecule has 6 aliphatic carbocycles. The second-order valence-corrected chi connectivity index (χ2v) is 5.63. The van der Waals surface area contributed by atoms with Crippen LogP contribution in [-0.2, 0) is 0 Å². The molecule has 0 radical (unpaired) electrons. The van der Waals surface area contributed by atoms with Gasteiger partial charge in [-0.1, -0.05) is 23.3 Å². The van der Waals surface area contributed by atoms with Crippen molar-refractivity contribution >= 4 is 0 Å². The molecule has 0 amide bonds. The largest absolute Gasteiger partial charge is 0.0807 e. The molecule has 1 saturated carbocycles. The van der Waals surface area contributed by atoms with E-state index in [1.165, 1.54) is 38.5 Å². The molecule has 6 rings (SSSR count). The highest BCUT2D eigenvalue weighted by atomic mass is 14.5. The zero-order valence-electron chi connectivity index (χ0n) is 8.71. The molecule has 2 atom stereocenters. The molecule has 4 bridgehead atoms. The number of fused-ring (bicyclic) bond motifs is 3. The maximum absolute atomic E-state index is 2.52. The van der Waals surface area contributed by atoms with E-state index in [1.807, 2.05) is 11.1 Å². The van der Waals surface area contributed by atoms with Crippen LogP contribution in [0.15, 0.2) is 23.3 Å². The normalized spacial score (nSPS) is 48.6. The third kappa shape index (κ3) is 0.809. The summed E-state index contributed by atoms with van der Waals surface area (Å²) in [5.41, 5.74) is 3.87. The lowest BCUT2D eigenvalue weighted by atomic mass is 9.55. The molecule has 0 unspecified atom stereocenters. The van der Waals surface area contributed by atoms with Crippen LogP contribution in [0.1, 0.15) is 38.5 Å². The number of allylic oxidation sites excluding steroid dienone is 4. The molecule has 0 aromatic heterocycles. The summed E-state index contributed by atoms with van der Waals surface area (Å²) in [6.45, 7) is 0. The first-order valence-electron chi connectivity index (χ1n) is 6.35. The van der Waals surface area contributed by atoms with Crippen molar-refractivity contribution in [2.45, 2.75) is 38.5 Å². The number of rotatable bonds is 0. The third-order valence-electron chi connectivity index (χ3n) is 5.10. The molecule has 1 fully saturated rings. The van der Waals surface area contributed by atoms with Gasteiger partial charge >= 0.3 is 0 Å². The molecule has 0 heteroatoms. The molecule has 0 heterocycles. The van der Waals surface area contributed by atoms with Crippen LogP contribution in [0.4, 0.5) is 0 Å². The van der Waals surface area contributed by atoms with Crippen molar-refractivity contribution in [2.75, 3.05) is 0 Å². The quantitative estimate of drug-likeness (QED) is 0.506. The minimum absolute atomic E-state index is 0.878. The Bertz CT molecular complexity index is 294. The van der Waals surface area contributed by atoms with Crippen molar-refractivity contribution in [1.82, 2.24) is 0 Å². The molecule has 0 aromatic carbocycles. The zero-order chi connectivity index (χ0) is 9.12. The molecule has 6 aliphatic rings. The van der Waals surface area contributed by atoms with Gasteiger partial charge in [-0.25, -0.2) is 0 Å². The fourth-order valence-corrected chi connectivity index (χ4v) is 4.56. The van der Waals surface area contributed by atoms with E-state index in [1.54, 1.807) is 0 Å². The van der Waals surface area contributed by atoms with Gasteiger partial charge in [0, 0.05) is 0 Å². The minimum atomic E-state index is 0.878. The SMILES string of the molecule is C1=C[C@H]2CC[C@@H]1C1=C2C2CCC1CC2. The van der Waals surface area contributed by atoms with E-state index in [-0.39, 0.29) is 0 Å². The Labute approximate surface area is 86.1 Å². The molecule has 0 saturated heterocycles. The first-order chi connectivity index (χ1) is 6.93. The van der Waals surface area contributed by atoms with Crippen molar-refractivity contribution < 1.29 is 0 Å². The minimum Gasteiger partial charge on any atom is -0.0807 e. The van der Waals surface area contributed by atoms with Crippen molar-refractivity contribution in [3.05, 3.63) is 23.3 Å². The van der Waals surface area contributed by atoms with E-state index in [9.17, 15) is 0 Å². The Hall–Kier alpha value is -0.520. The van der Waals surface area contributed by atoms with Crippen molar-refractivity contribution in [3.8, 4) is 0 Å². The fourth-order valence-electron chi connectivity index (χ4n) is 4.56. The van der Waals surface area contributed by atoms with E-state index in [0.29, 0.717) is 0 Å². The highest BCUT2D eigenvalue weighted by molar-refractivity contribution is 5.40. The highest BCUT2D eigenvalue weighted by Gasteiger charge is 2.43. The maximum atomic E-state index is 2.52. The van der Waals surface area contributed by atoms with Crippen LogP contribution < -0.4 is 0 Å². The molecule has 0 nitrogen and oxygen atoms in total. The predicted octanol–water partition coefficient (Wildman–Crippen LogP) is 3.70. The standard InChI is InChI=1S/C14H18/c1-2-10-4-3-9(1)13-11-5-7-12(8-6-11)14(10)13/h1-2,9-12H,3-8H2/t9-,10+,11?,12?. The average Bonchev–Trinajstić information content (AvgIpc) is 2.32. The monoisotopic (exact) mass is 186 g/mol. The molecule has 0 N–H and O–H groups in total. The Kier molecular flexibility index (Phi) is 1.40. The van der Waals surface area contributed by atoms with Gasteiger partial charge in [-0.15, -0.1) is 0 Å². The second-order valence-electron chi connectivity index (χ2n) is 5.63. The number of hydrogen-bond acceptors (Lipinski definition) is 0. The van der Waals surface area contributed by atoms with E-state index in [2.05, 4.69) is 12.2 Å². The summed E-state index contributed by atoms with van der Waals surface area (Å²) < 4.78 is 0. The average molecular weight is 186 g/mol. The zero-order valence-corrected chi connectivity index (χ0v) is 8.71. The Morgan fingerprint density at radius 1 is 0.643 bits per heavy atom. The van der Waals surface area contributed by atoms with E-state index in [0.717, 1.165) is 23.7 Å². The van der Waals surface area contributed by atoms with Gasteiger partial charge in [-0.2, -0.15) is 0 Å². The molecule has 0 aromatic rings. The molecule has 0 spiro atoms. The second kappa shape index (κ2) is 2.53. The summed E-state index contributed by atoms with van der Waals surface area (Å²) in [7, 11) is 0. The maximum Gasteiger partial charge on any atom is -0.00170 e. The molecule has 74 valence electrons. The van der Waals surface area contributed by atoms with Crippen LogP contribution in [0.3, 0.4) is 0 Å². The van der Waals surface area contributed by atoms with Gasteiger partial charge in [-0.3, -0.25) is 0 Å². The Balaban J connectivity index is 1.89. The first kappa shape index (κ1) is 7.73. The number of hydrogen-bond donors (Lipinski definition) is 0. The van der Waals surface area contributed by atoms with Gasteiger partial charge in [0.2, 0.25) is 0 Å². The van der Waals surface area contributed by atoms with Gasteiger partial charge in [0.25, 0.3) is 0 Å². The van der Waals surface area contributed by atoms with Crippen LogP contribution >= 0.6 is 0 Å². The Morgan fingerprint density at radius 3 is 1.43 bits per heavy atom. The molecular formula is C14H18. The summed E-state index contributed by atoms with van der Waals surface area (Å²) in [6.07, 6.45) is 14.0. The van der Waals surface area contributed by atoms with E-state index < -0.39 is 0 Å². The van der Waals surface area contributed by atoms with Crippen LogP contribution in [-0.4, -0.2) is 0 Å². The lowest BCUT2D eigenvalue weighted by Gasteiger charge is -2.49. The van der Waals surface area contributed by atoms with E-state index in [4.69, 9.17) is 0 Å². The smallest absolute Gasteiger partial charge is 0.00170 e. The molecular weight excluding hydrogens is 168 g/mol. The lowest BCUT2D eigenvalue weighted by molar-refractivity contribution is 0.234. The van der Waals surface area contributed by atoms with Gasteiger partial charge in [0.15, 0.2) is 0 Å². The fraction of sp³-hybridized carbons (Fsp3) is 0.714. The van der Waals surface area contributed by atoms with Crippen LogP contribution in [0.25, 0.3) is 0 Å². The summed E-state index contributed by atoms with van der Waals surface area (Å²) in [5, 5.41) is 0. The summed E-state index contributed by atoms with van der Waals surface area (Å²) in [5.74, 6) is 3.77. The lowest BCUT2D eigenvalue weighted by Crippen LogP contribution is -2.37. The Morgan fingerprint density at radius 2 is 1.07 bits per heavy atom. The predicted molar refractivity (Wildman–Crippen MR) is 57.8 cm³/mol. The first-order valence-corrected chi connectivity index (χ1v) is 6.35. The van der Waals surface area contributed by atoms with Crippen molar-refractivity contribution in [3.63, 3.8) is 0 Å². The summed E-state index contributed by atoms with van der Waals surface area (Å²) in [4.78, 5) is 0. The van der Waals surface area contributed by atoms with Gasteiger partial charge in [-0.05, 0) is 62.2 Å². The van der Waals surface area contributed by atoms with Crippen molar-refractivity contribution in [2.24, 2.45) is 23.7 Å². The summed E-state index contributed by atoms with van der Waals surface area (Å²) >= 11 is 0. The highest BCUT2D eigenvalue weighted by Crippen LogP contribution is 2.56. The topological polar surface area (TPSA) is 0 Å². The van der Waals surface area contributed by atoms with Crippen LogP contribution in [0.5, 0.6) is 0 Å². The summed E-state index contributed by atoms with van der Waals surface area (Å²) in [6, 6.07) is 0. The van der Waals surface area contributed by atoms with Gasteiger partial charge in [0.1, 0.15) is 0 Å².